The molecule has 0 amide bonds. The van der Waals surface area contributed by atoms with Crippen molar-refractivity contribution in [2.75, 3.05) is 5.73 Å². The minimum Gasteiger partial charge on any atom is -0.454 e. The third-order valence-electron chi connectivity index (χ3n) is 3.48. The largest absolute Gasteiger partial charge is 0.454 e. The summed E-state index contributed by atoms with van der Waals surface area (Å²) in [6, 6.07) is 12.2. The molecule has 5 heteroatoms. The van der Waals surface area contributed by atoms with Gasteiger partial charge < -0.3 is 10.2 Å². The van der Waals surface area contributed by atoms with Gasteiger partial charge in [-0.1, -0.05) is 17.7 Å². The number of thiophene rings is 1. The minimum atomic E-state index is 0.490. The molecule has 0 aliphatic heterocycles. The number of rotatable bonds is 2. The molecular formula is C16H13N3OS. The fourth-order valence-electron chi connectivity index (χ4n) is 2.49. The first-order chi connectivity index (χ1) is 10.2. The van der Waals surface area contributed by atoms with Crippen molar-refractivity contribution in [1.29, 1.82) is 0 Å². The van der Waals surface area contributed by atoms with E-state index in [1.165, 1.54) is 5.56 Å². The summed E-state index contributed by atoms with van der Waals surface area (Å²) in [5, 5.41) is 10.2. The average molecular weight is 295 g/mol. The number of aryl methyl sites for hydroxylation is 1. The van der Waals surface area contributed by atoms with Crippen LogP contribution >= 0.6 is 11.3 Å². The summed E-state index contributed by atoms with van der Waals surface area (Å²) in [6.45, 7) is 2.07. The smallest absolute Gasteiger partial charge is 0.154 e. The van der Waals surface area contributed by atoms with Gasteiger partial charge in [-0.05, 0) is 36.6 Å². The minimum absolute atomic E-state index is 0.490. The highest BCUT2D eigenvalue weighted by molar-refractivity contribution is 7.13. The van der Waals surface area contributed by atoms with Crippen LogP contribution in [0.15, 0.2) is 46.2 Å². The molecule has 0 saturated heterocycles. The van der Waals surface area contributed by atoms with E-state index >= 15 is 0 Å². The highest BCUT2D eigenvalue weighted by atomic mass is 32.1. The summed E-state index contributed by atoms with van der Waals surface area (Å²) < 4.78 is 5.94. The number of nitrogen functional groups attached to an aromatic ring is 1. The summed E-state index contributed by atoms with van der Waals surface area (Å²) in [7, 11) is 0. The number of fused-ring (bicyclic) bond motifs is 1. The Balaban J connectivity index is 1.93. The Kier molecular flexibility index (Phi) is 2.62. The summed E-state index contributed by atoms with van der Waals surface area (Å²) in [4.78, 5) is 1.08. The summed E-state index contributed by atoms with van der Waals surface area (Å²) >= 11 is 1.63. The number of aromatic nitrogens is 2. The normalized spacial score (nSPS) is 11.3. The predicted molar refractivity (Wildman–Crippen MR) is 86.3 cm³/mol. The second-order valence-corrected chi connectivity index (χ2v) is 5.94. The zero-order chi connectivity index (χ0) is 14.4. The predicted octanol–water partition coefficient (Wildman–Crippen LogP) is 4.44. The molecule has 3 aromatic heterocycles. The fraction of sp³-hybridized carbons (Fsp3) is 0.0625. The molecule has 4 aromatic rings. The molecule has 0 bridgehead atoms. The molecule has 104 valence electrons. The topological polar surface area (TPSA) is 67.8 Å². The third-order valence-corrected chi connectivity index (χ3v) is 4.37. The highest BCUT2D eigenvalue weighted by Gasteiger charge is 2.18. The standard InChI is InChI=1S/C16H13N3OS/c1-9-4-5-11-10(7-9)8-12(20-11)15-14(16(17)19-18-15)13-3-2-6-21-13/h2-8H,1H3,(H3,17,18,19). The van der Waals surface area contributed by atoms with Crippen LogP contribution in [0, 0.1) is 6.92 Å². The maximum Gasteiger partial charge on any atom is 0.154 e. The van der Waals surface area contributed by atoms with Gasteiger partial charge in [0.15, 0.2) is 11.6 Å². The van der Waals surface area contributed by atoms with Gasteiger partial charge in [0.1, 0.15) is 11.3 Å². The monoisotopic (exact) mass is 295 g/mol. The quantitative estimate of drug-likeness (QED) is 0.574. The van der Waals surface area contributed by atoms with E-state index in [1.807, 2.05) is 35.7 Å². The fourth-order valence-corrected chi connectivity index (χ4v) is 3.28. The number of hydrogen-bond acceptors (Lipinski definition) is 4. The van der Waals surface area contributed by atoms with Crippen LogP contribution in [-0.2, 0) is 0 Å². The van der Waals surface area contributed by atoms with Crippen molar-refractivity contribution in [3.05, 3.63) is 47.3 Å². The molecule has 21 heavy (non-hydrogen) atoms. The number of nitrogens with zero attached hydrogens (tertiary/aromatic N) is 1. The highest BCUT2D eigenvalue weighted by Crippen LogP contribution is 2.39. The van der Waals surface area contributed by atoms with Crippen LogP contribution in [0.25, 0.3) is 32.9 Å². The number of furan rings is 1. The molecule has 0 saturated carbocycles. The number of hydrogen-bond donors (Lipinski definition) is 2. The van der Waals surface area contributed by atoms with Gasteiger partial charge in [0.25, 0.3) is 0 Å². The van der Waals surface area contributed by atoms with E-state index < -0.39 is 0 Å². The molecule has 0 radical (unpaired) electrons. The van der Waals surface area contributed by atoms with Gasteiger partial charge in [0, 0.05) is 10.3 Å². The van der Waals surface area contributed by atoms with Gasteiger partial charge in [-0.15, -0.1) is 11.3 Å². The van der Waals surface area contributed by atoms with Crippen molar-refractivity contribution in [1.82, 2.24) is 10.2 Å². The van der Waals surface area contributed by atoms with E-state index in [0.29, 0.717) is 5.82 Å². The molecular weight excluding hydrogens is 282 g/mol. The number of nitrogens with one attached hydrogen (secondary N) is 1. The molecule has 0 aliphatic carbocycles. The molecule has 0 unspecified atom stereocenters. The average Bonchev–Trinajstić information content (AvgIpc) is 3.15. The van der Waals surface area contributed by atoms with Crippen LogP contribution in [0.5, 0.6) is 0 Å². The molecule has 0 atom stereocenters. The Morgan fingerprint density at radius 2 is 2.14 bits per heavy atom. The molecule has 3 heterocycles. The summed E-state index contributed by atoms with van der Waals surface area (Å²) in [5.41, 5.74) is 9.81. The zero-order valence-electron chi connectivity index (χ0n) is 11.4. The second kappa shape index (κ2) is 4.49. The second-order valence-electron chi connectivity index (χ2n) is 4.99. The number of nitrogens with two attached hydrogens (primary N) is 1. The Bertz CT molecular complexity index is 918. The molecule has 4 nitrogen and oxygen atoms in total. The molecule has 4 rings (SSSR count). The maximum absolute atomic E-state index is 6.01. The lowest BCUT2D eigenvalue weighted by Crippen LogP contribution is -1.86. The maximum atomic E-state index is 6.01. The van der Waals surface area contributed by atoms with Crippen molar-refractivity contribution in [3.63, 3.8) is 0 Å². The number of anilines is 1. The first-order valence-corrected chi connectivity index (χ1v) is 7.48. The lowest BCUT2D eigenvalue weighted by molar-refractivity contribution is 0.628. The Hall–Kier alpha value is -2.53. The van der Waals surface area contributed by atoms with Crippen LogP contribution in [0.3, 0.4) is 0 Å². The zero-order valence-corrected chi connectivity index (χ0v) is 12.2. The van der Waals surface area contributed by atoms with Crippen molar-refractivity contribution in [3.8, 4) is 21.9 Å². The van der Waals surface area contributed by atoms with Crippen LogP contribution < -0.4 is 5.73 Å². The Labute approximate surface area is 125 Å². The van der Waals surface area contributed by atoms with E-state index in [0.717, 1.165) is 32.9 Å². The van der Waals surface area contributed by atoms with Crippen LogP contribution in [0.2, 0.25) is 0 Å². The molecule has 1 aromatic carbocycles. The number of H-pyrrole nitrogens is 1. The van der Waals surface area contributed by atoms with Crippen LogP contribution in [0.1, 0.15) is 5.56 Å². The van der Waals surface area contributed by atoms with Gasteiger partial charge in [-0.3, -0.25) is 5.10 Å². The number of benzene rings is 1. The van der Waals surface area contributed by atoms with E-state index in [4.69, 9.17) is 10.2 Å². The molecule has 0 fully saturated rings. The van der Waals surface area contributed by atoms with Crippen LogP contribution in [-0.4, -0.2) is 10.2 Å². The first kappa shape index (κ1) is 12.2. The van der Waals surface area contributed by atoms with E-state index in [9.17, 15) is 0 Å². The third kappa shape index (κ3) is 1.94. The van der Waals surface area contributed by atoms with E-state index in [-0.39, 0.29) is 0 Å². The molecule has 0 aliphatic rings. The summed E-state index contributed by atoms with van der Waals surface area (Å²) in [6.07, 6.45) is 0. The van der Waals surface area contributed by atoms with Gasteiger partial charge in [-0.2, -0.15) is 5.10 Å². The lowest BCUT2D eigenvalue weighted by atomic mass is 10.1. The van der Waals surface area contributed by atoms with Gasteiger partial charge >= 0.3 is 0 Å². The van der Waals surface area contributed by atoms with Gasteiger partial charge in [0.2, 0.25) is 0 Å². The van der Waals surface area contributed by atoms with Crippen molar-refractivity contribution in [2.45, 2.75) is 6.92 Å². The van der Waals surface area contributed by atoms with Gasteiger partial charge in [-0.25, -0.2) is 0 Å². The Morgan fingerprint density at radius 3 is 2.95 bits per heavy atom. The molecule has 0 spiro atoms. The van der Waals surface area contributed by atoms with Crippen molar-refractivity contribution < 1.29 is 4.42 Å². The number of aromatic amines is 1. The van der Waals surface area contributed by atoms with Crippen molar-refractivity contribution in [2.24, 2.45) is 0 Å². The van der Waals surface area contributed by atoms with Crippen molar-refractivity contribution >= 4 is 28.1 Å². The lowest BCUT2D eigenvalue weighted by Gasteiger charge is -1.98. The van der Waals surface area contributed by atoms with Crippen LogP contribution in [0.4, 0.5) is 5.82 Å². The van der Waals surface area contributed by atoms with Gasteiger partial charge in [0.05, 0.1) is 5.56 Å². The summed E-state index contributed by atoms with van der Waals surface area (Å²) in [5.74, 6) is 1.24. The Morgan fingerprint density at radius 1 is 1.24 bits per heavy atom. The SMILES string of the molecule is Cc1ccc2oc(-c3[nH]nc(N)c3-c3cccs3)cc2c1. The van der Waals surface area contributed by atoms with E-state index in [1.54, 1.807) is 11.3 Å². The first-order valence-electron chi connectivity index (χ1n) is 6.60. The van der Waals surface area contributed by atoms with E-state index in [2.05, 4.69) is 23.2 Å². The molecule has 3 N–H and O–H groups in total.